The molecule has 1 fully saturated rings. The van der Waals surface area contributed by atoms with E-state index in [-0.39, 0.29) is 0 Å². The third-order valence-electron chi connectivity index (χ3n) is 3.17. The Morgan fingerprint density at radius 2 is 2.27 bits per heavy atom. The first-order valence-corrected chi connectivity index (χ1v) is 5.77. The fourth-order valence-electron chi connectivity index (χ4n) is 2.05. The molecule has 0 bridgehead atoms. The summed E-state index contributed by atoms with van der Waals surface area (Å²) in [7, 11) is 0. The van der Waals surface area contributed by atoms with Gasteiger partial charge in [0.05, 0.1) is 6.20 Å². The number of rotatable bonds is 5. The van der Waals surface area contributed by atoms with Gasteiger partial charge in [0, 0.05) is 6.54 Å². The zero-order chi connectivity index (χ0) is 10.7. The Morgan fingerprint density at radius 3 is 2.87 bits per heavy atom. The van der Waals surface area contributed by atoms with Crippen LogP contribution in [0, 0.1) is 12.3 Å². The van der Waals surface area contributed by atoms with Crippen molar-refractivity contribution >= 4 is 5.82 Å². The number of aromatic nitrogens is 2. The van der Waals surface area contributed by atoms with Crippen LogP contribution in [0.15, 0.2) is 12.3 Å². The van der Waals surface area contributed by atoms with Gasteiger partial charge in [-0.15, -0.1) is 5.10 Å². The molecule has 15 heavy (non-hydrogen) atoms. The Bertz CT molecular complexity index is 331. The van der Waals surface area contributed by atoms with E-state index in [1.807, 2.05) is 6.92 Å². The molecule has 1 aromatic rings. The van der Waals surface area contributed by atoms with Gasteiger partial charge in [-0.1, -0.05) is 13.3 Å². The lowest BCUT2D eigenvalue weighted by Gasteiger charge is -2.14. The summed E-state index contributed by atoms with van der Waals surface area (Å²) in [5.41, 5.74) is 1.73. The topological polar surface area (TPSA) is 37.8 Å². The van der Waals surface area contributed by atoms with Gasteiger partial charge >= 0.3 is 0 Å². The van der Waals surface area contributed by atoms with Crippen LogP contribution >= 0.6 is 0 Å². The van der Waals surface area contributed by atoms with Crippen LogP contribution in [-0.4, -0.2) is 16.7 Å². The van der Waals surface area contributed by atoms with Gasteiger partial charge in [-0.3, -0.25) is 0 Å². The number of nitrogens with one attached hydrogen (secondary N) is 1. The number of hydrogen-bond acceptors (Lipinski definition) is 3. The van der Waals surface area contributed by atoms with E-state index in [9.17, 15) is 0 Å². The molecular weight excluding hydrogens is 186 g/mol. The lowest BCUT2D eigenvalue weighted by Crippen LogP contribution is -2.16. The lowest BCUT2D eigenvalue weighted by atomic mass is 10.0. The minimum atomic E-state index is 0.570. The largest absolute Gasteiger partial charge is 0.368 e. The normalized spacial score (nSPS) is 17.5. The molecule has 1 aliphatic rings. The van der Waals surface area contributed by atoms with Crippen molar-refractivity contribution in [3.8, 4) is 0 Å². The maximum atomic E-state index is 4.07. The predicted octanol–water partition coefficient (Wildman–Crippen LogP) is 2.78. The molecule has 0 aromatic carbocycles. The third kappa shape index (κ3) is 2.67. The fraction of sp³-hybridized carbons (Fsp3) is 0.667. The summed E-state index contributed by atoms with van der Waals surface area (Å²) in [5.74, 6) is 0.914. The zero-order valence-corrected chi connectivity index (χ0v) is 9.58. The first-order chi connectivity index (χ1) is 7.24. The summed E-state index contributed by atoms with van der Waals surface area (Å²) in [5, 5.41) is 11.4. The van der Waals surface area contributed by atoms with Crippen LogP contribution in [0.2, 0.25) is 0 Å². The minimum absolute atomic E-state index is 0.570. The number of anilines is 1. The highest BCUT2D eigenvalue weighted by atomic mass is 15.2. The van der Waals surface area contributed by atoms with E-state index in [1.165, 1.54) is 25.7 Å². The second kappa shape index (κ2) is 4.17. The van der Waals surface area contributed by atoms with Gasteiger partial charge in [0.2, 0.25) is 0 Å². The average molecular weight is 205 g/mol. The Balaban J connectivity index is 1.88. The van der Waals surface area contributed by atoms with Crippen molar-refractivity contribution in [3.05, 3.63) is 17.8 Å². The smallest absolute Gasteiger partial charge is 0.148 e. The number of nitrogens with zero attached hydrogens (tertiary/aromatic N) is 2. The van der Waals surface area contributed by atoms with Gasteiger partial charge in [-0.05, 0) is 43.2 Å². The molecule has 0 radical (unpaired) electrons. The summed E-state index contributed by atoms with van der Waals surface area (Å²) < 4.78 is 0. The lowest BCUT2D eigenvalue weighted by molar-refractivity contribution is 0.485. The molecule has 0 atom stereocenters. The van der Waals surface area contributed by atoms with E-state index in [0.29, 0.717) is 5.41 Å². The van der Waals surface area contributed by atoms with E-state index in [4.69, 9.17) is 0 Å². The second-order valence-electron chi connectivity index (χ2n) is 4.72. The Labute approximate surface area is 91.3 Å². The highest BCUT2D eigenvalue weighted by Crippen LogP contribution is 2.49. The Morgan fingerprint density at radius 1 is 1.47 bits per heavy atom. The standard InChI is InChI=1S/C12H19N3/c1-3-4-12(5-6-12)9-13-11-7-10(2)8-14-15-11/h7-8H,3-6,9H2,1-2H3,(H,13,15). The molecular formula is C12H19N3. The number of aryl methyl sites for hydroxylation is 1. The van der Waals surface area contributed by atoms with Crippen LogP contribution in [0.5, 0.6) is 0 Å². The molecule has 3 nitrogen and oxygen atoms in total. The number of hydrogen-bond donors (Lipinski definition) is 1. The molecule has 0 unspecified atom stereocenters. The van der Waals surface area contributed by atoms with Crippen molar-refractivity contribution in [2.45, 2.75) is 39.5 Å². The highest BCUT2D eigenvalue weighted by molar-refractivity contribution is 5.35. The first-order valence-electron chi connectivity index (χ1n) is 5.77. The van der Waals surface area contributed by atoms with Gasteiger partial charge in [-0.2, -0.15) is 5.10 Å². The van der Waals surface area contributed by atoms with Gasteiger partial charge in [-0.25, -0.2) is 0 Å². The molecule has 1 aromatic heterocycles. The van der Waals surface area contributed by atoms with Crippen LogP contribution in [0.3, 0.4) is 0 Å². The van der Waals surface area contributed by atoms with E-state index >= 15 is 0 Å². The van der Waals surface area contributed by atoms with E-state index in [2.05, 4.69) is 28.5 Å². The monoisotopic (exact) mass is 205 g/mol. The maximum absolute atomic E-state index is 4.07. The van der Waals surface area contributed by atoms with Crippen LogP contribution in [0.25, 0.3) is 0 Å². The van der Waals surface area contributed by atoms with Crippen LogP contribution < -0.4 is 5.32 Å². The van der Waals surface area contributed by atoms with Crippen LogP contribution in [-0.2, 0) is 0 Å². The molecule has 1 aliphatic carbocycles. The SMILES string of the molecule is CCCC1(CNc2cc(C)cnn2)CC1. The Hall–Kier alpha value is -1.12. The van der Waals surface area contributed by atoms with E-state index in [1.54, 1.807) is 6.20 Å². The van der Waals surface area contributed by atoms with E-state index in [0.717, 1.165) is 17.9 Å². The predicted molar refractivity (Wildman–Crippen MR) is 61.8 cm³/mol. The molecule has 2 rings (SSSR count). The average Bonchev–Trinajstić information content (AvgIpc) is 2.97. The summed E-state index contributed by atoms with van der Waals surface area (Å²) >= 11 is 0. The van der Waals surface area contributed by atoms with Crippen molar-refractivity contribution in [2.24, 2.45) is 5.41 Å². The summed E-state index contributed by atoms with van der Waals surface area (Å²) in [6.45, 7) is 5.35. The molecule has 0 aliphatic heterocycles. The minimum Gasteiger partial charge on any atom is -0.368 e. The summed E-state index contributed by atoms with van der Waals surface area (Å²) in [4.78, 5) is 0. The summed E-state index contributed by atoms with van der Waals surface area (Å²) in [6, 6.07) is 2.05. The zero-order valence-electron chi connectivity index (χ0n) is 9.58. The van der Waals surface area contributed by atoms with Crippen LogP contribution in [0.4, 0.5) is 5.82 Å². The van der Waals surface area contributed by atoms with Crippen molar-refractivity contribution in [2.75, 3.05) is 11.9 Å². The van der Waals surface area contributed by atoms with Gasteiger partial charge < -0.3 is 5.32 Å². The molecule has 3 heteroatoms. The highest BCUT2D eigenvalue weighted by Gasteiger charge is 2.41. The van der Waals surface area contributed by atoms with Gasteiger partial charge in [0.1, 0.15) is 5.82 Å². The van der Waals surface area contributed by atoms with Gasteiger partial charge in [0.25, 0.3) is 0 Å². The van der Waals surface area contributed by atoms with Crippen molar-refractivity contribution in [1.82, 2.24) is 10.2 Å². The molecule has 1 heterocycles. The van der Waals surface area contributed by atoms with Crippen molar-refractivity contribution in [1.29, 1.82) is 0 Å². The molecule has 82 valence electrons. The molecule has 1 N–H and O–H groups in total. The third-order valence-corrected chi connectivity index (χ3v) is 3.17. The molecule has 0 amide bonds. The Kier molecular flexibility index (Phi) is 2.89. The van der Waals surface area contributed by atoms with Crippen molar-refractivity contribution < 1.29 is 0 Å². The maximum Gasteiger partial charge on any atom is 0.148 e. The summed E-state index contributed by atoms with van der Waals surface area (Å²) in [6.07, 6.45) is 7.13. The first kappa shape index (κ1) is 10.4. The van der Waals surface area contributed by atoms with Crippen molar-refractivity contribution in [3.63, 3.8) is 0 Å². The van der Waals surface area contributed by atoms with Crippen LogP contribution in [0.1, 0.15) is 38.2 Å². The quantitative estimate of drug-likeness (QED) is 0.803. The van der Waals surface area contributed by atoms with E-state index < -0.39 is 0 Å². The molecule has 0 saturated heterocycles. The fourth-order valence-corrected chi connectivity index (χ4v) is 2.05. The molecule has 1 saturated carbocycles. The molecule has 0 spiro atoms. The second-order valence-corrected chi connectivity index (χ2v) is 4.72. The van der Waals surface area contributed by atoms with Gasteiger partial charge in [0.15, 0.2) is 0 Å².